The first kappa shape index (κ1) is 15.4. The van der Waals surface area contributed by atoms with Gasteiger partial charge in [-0.05, 0) is 18.1 Å². The van der Waals surface area contributed by atoms with Crippen LogP contribution in [0.2, 0.25) is 0 Å². The summed E-state index contributed by atoms with van der Waals surface area (Å²) in [7, 11) is 0. The van der Waals surface area contributed by atoms with Crippen LogP contribution in [-0.4, -0.2) is 11.1 Å². The lowest BCUT2D eigenvalue weighted by molar-refractivity contribution is -0.133. The lowest BCUT2D eigenvalue weighted by atomic mass is 9.75. The third-order valence-corrected chi connectivity index (χ3v) is 3.26. The Morgan fingerprint density at radius 1 is 0.947 bits per heavy atom. The number of nitrogens with one attached hydrogen (secondary N) is 1. The maximum absolute atomic E-state index is 12.1. The third-order valence-electron chi connectivity index (χ3n) is 3.26. The molecule has 2 aromatic carbocycles. The average molecular weight is 322 g/mol. The van der Waals surface area contributed by atoms with E-state index < -0.39 is 11.3 Å². The molecule has 0 aliphatic heterocycles. The minimum Gasteiger partial charge on any atom is -0.289 e. The Hall–Kier alpha value is -1.65. The molecule has 4 heteroatoms. The minimum absolute atomic E-state index is 0. The molecule has 0 aromatic heterocycles. The largest absolute Gasteiger partial charge is 0.289 e. The molecule has 0 aliphatic rings. The number of halogens is 1. The molecule has 19 heavy (non-hydrogen) atoms. The van der Waals surface area contributed by atoms with Crippen molar-refractivity contribution >= 4 is 22.9 Å². The van der Waals surface area contributed by atoms with Gasteiger partial charge in [-0.2, -0.15) is 0 Å². The smallest absolute Gasteiger partial charge is 0.258 e. The quantitative estimate of drug-likeness (QED) is 0.674. The number of hydrogen-bond acceptors (Lipinski definition) is 2. The van der Waals surface area contributed by atoms with Crippen LogP contribution in [0.1, 0.15) is 18.1 Å². The SMILES string of the molecule is Br.CC(C(=O)NO)(c1ccccc1)c1ccccc1. The number of rotatable bonds is 3. The summed E-state index contributed by atoms with van der Waals surface area (Å²) < 4.78 is 0. The van der Waals surface area contributed by atoms with E-state index in [1.165, 1.54) is 0 Å². The molecule has 0 spiro atoms. The van der Waals surface area contributed by atoms with Crippen LogP contribution in [0.3, 0.4) is 0 Å². The fourth-order valence-electron chi connectivity index (χ4n) is 2.08. The van der Waals surface area contributed by atoms with E-state index >= 15 is 0 Å². The summed E-state index contributed by atoms with van der Waals surface area (Å²) in [4.78, 5) is 12.1. The lowest BCUT2D eigenvalue weighted by Gasteiger charge is -2.28. The molecule has 2 rings (SSSR count). The molecule has 0 atom stereocenters. The van der Waals surface area contributed by atoms with E-state index in [2.05, 4.69) is 0 Å². The van der Waals surface area contributed by atoms with Crippen molar-refractivity contribution in [3.63, 3.8) is 0 Å². The molecule has 1 amide bonds. The van der Waals surface area contributed by atoms with E-state index in [0.717, 1.165) is 11.1 Å². The van der Waals surface area contributed by atoms with Gasteiger partial charge < -0.3 is 0 Å². The van der Waals surface area contributed by atoms with Gasteiger partial charge in [0.2, 0.25) is 0 Å². The van der Waals surface area contributed by atoms with E-state index in [1.54, 1.807) is 12.4 Å². The van der Waals surface area contributed by atoms with Crippen molar-refractivity contribution in [2.24, 2.45) is 0 Å². The van der Waals surface area contributed by atoms with Crippen molar-refractivity contribution in [3.8, 4) is 0 Å². The van der Waals surface area contributed by atoms with Gasteiger partial charge in [0.15, 0.2) is 0 Å². The minimum atomic E-state index is -0.905. The topological polar surface area (TPSA) is 49.3 Å². The van der Waals surface area contributed by atoms with E-state index in [4.69, 9.17) is 5.21 Å². The van der Waals surface area contributed by atoms with Gasteiger partial charge in [-0.1, -0.05) is 60.7 Å². The predicted molar refractivity (Wildman–Crippen MR) is 79.6 cm³/mol. The monoisotopic (exact) mass is 321 g/mol. The first-order valence-electron chi connectivity index (χ1n) is 5.75. The van der Waals surface area contributed by atoms with Crippen LogP contribution >= 0.6 is 17.0 Å². The van der Waals surface area contributed by atoms with Crippen molar-refractivity contribution in [1.29, 1.82) is 0 Å². The van der Waals surface area contributed by atoms with Crippen LogP contribution in [-0.2, 0) is 10.2 Å². The van der Waals surface area contributed by atoms with Crippen LogP contribution in [0.4, 0.5) is 0 Å². The molecule has 0 saturated heterocycles. The molecule has 0 saturated carbocycles. The number of benzene rings is 2. The highest BCUT2D eigenvalue weighted by molar-refractivity contribution is 8.93. The molecular formula is C15H16BrNO2. The summed E-state index contributed by atoms with van der Waals surface area (Å²) in [5.74, 6) is -0.445. The highest BCUT2D eigenvalue weighted by atomic mass is 79.9. The fourth-order valence-corrected chi connectivity index (χ4v) is 2.08. The zero-order chi connectivity index (χ0) is 13.0. The van der Waals surface area contributed by atoms with Crippen LogP contribution < -0.4 is 5.48 Å². The predicted octanol–water partition coefficient (Wildman–Crippen LogP) is 3.08. The Labute approximate surface area is 123 Å². The van der Waals surface area contributed by atoms with E-state index in [0.29, 0.717) is 0 Å². The lowest BCUT2D eigenvalue weighted by Crippen LogP contribution is -2.41. The third kappa shape index (κ3) is 2.85. The second-order valence-electron chi connectivity index (χ2n) is 4.30. The summed E-state index contributed by atoms with van der Waals surface area (Å²) in [5.41, 5.74) is 2.53. The van der Waals surface area contributed by atoms with E-state index in [1.807, 2.05) is 60.7 Å². The first-order chi connectivity index (χ1) is 8.69. The Bertz CT molecular complexity index is 489. The van der Waals surface area contributed by atoms with Crippen molar-refractivity contribution in [3.05, 3.63) is 71.8 Å². The summed E-state index contributed by atoms with van der Waals surface area (Å²) in [6.45, 7) is 1.79. The Morgan fingerprint density at radius 3 is 1.63 bits per heavy atom. The molecule has 0 heterocycles. The second-order valence-corrected chi connectivity index (χ2v) is 4.30. The Balaban J connectivity index is 0.00000180. The van der Waals surface area contributed by atoms with Crippen molar-refractivity contribution in [2.75, 3.05) is 0 Å². The van der Waals surface area contributed by atoms with Gasteiger partial charge in [0, 0.05) is 0 Å². The van der Waals surface area contributed by atoms with Crippen LogP contribution in [0.5, 0.6) is 0 Å². The van der Waals surface area contributed by atoms with E-state index in [9.17, 15) is 4.79 Å². The summed E-state index contributed by atoms with van der Waals surface area (Å²) in [5, 5.41) is 8.99. The molecule has 3 nitrogen and oxygen atoms in total. The Morgan fingerprint density at radius 2 is 1.32 bits per heavy atom. The van der Waals surface area contributed by atoms with Gasteiger partial charge in [0.25, 0.3) is 5.91 Å². The fraction of sp³-hybridized carbons (Fsp3) is 0.133. The molecule has 0 bridgehead atoms. The molecule has 2 aromatic rings. The van der Waals surface area contributed by atoms with Crippen LogP contribution in [0.15, 0.2) is 60.7 Å². The molecule has 2 N–H and O–H groups in total. The van der Waals surface area contributed by atoms with Crippen molar-refractivity contribution in [2.45, 2.75) is 12.3 Å². The molecular weight excluding hydrogens is 306 g/mol. The van der Waals surface area contributed by atoms with Gasteiger partial charge >= 0.3 is 0 Å². The zero-order valence-electron chi connectivity index (χ0n) is 10.5. The molecule has 0 fully saturated rings. The maximum atomic E-state index is 12.1. The van der Waals surface area contributed by atoms with Crippen LogP contribution in [0.25, 0.3) is 0 Å². The number of hydrogen-bond donors (Lipinski definition) is 2. The molecule has 0 aliphatic carbocycles. The summed E-state index contributed by atoms with van der Waals surface area (Å²) >= 11 is 0. The van der Waals surface area contributed by atoms with Crippen molar-refractivity contribution in [1.82, 2.24) is 5.48 Å². The number of carbonyl (C=O) groups is 1. The average Bonchev–Trinajstić information content (AvgIpc) is 2.47. The first-order valence-corrected chi connectivity index (χ1v) is 5.75. The summed E-state index contributed by atoms with van der Waals surface area (Å²) in [6, 6.07) is 18.8. The highest BCUT2D eigenvalue weighted by Gasteiger charge is 2.36. The van der Waals surface area contributed by atoms with Gasteiger partial charge in [0.05, 0.1) is 5.41 Å². The van der Waals surface area contributed by atoms with Crippen molar-refractivity contribution < 1.29 is 10.0 Å². The van der Waals surface area contributed by atoms with Gasteiger partial charge in [-0.15, -0.1) is 17.0 Å². The van der Waals surface area contributed by atoms with E-state index in [-0.39, 0.29) is 17.0 Å². The maximum Gasteiger partial charge on any atom is 0.258 e. The summed E-state index contributed by atoms with van der Waals surface area (Å²) in [6.07, 6.45) is 0. The molecule has 0 radical (unpaired) electrons. The Kier molecular flexibility index (Phi) is 5.27. The van der Waals surface area contributed by atoms with Gasteiger partial charge in [-0.25, -0.2) is 5.48 Å². The number of amides is 1. The molecule has 100 valence electrons. The zero-order valence-corrected chi connectivity index (χ0v) is 12.3. The molecule has 0 unspecified atom stereocenters. The van der Waals surface area contributed by atoms with Crippen LogP contribution in [0, 0.1) is 0 Å². The second kappa shape index (κ2) is 6.50. The normalized spacial score (nSPS) is 10.4. The van der Waals surface area contributed by atoms with Gasteiger partial charge in [0.1, 0.15) is 0 Å². The number of hydroxylamine groups is 1. The number of carbonyl (C=O) groups excluding carboxylic acids is 1. The highest BCUT2D eigenvalue weighted by Crippen LogP contribution is 2.31. The standard InChI is InChI=1S/C15H15NO2.BrH/c1-15(14(17)16-18,12-8-4-2-5-9-12)13-10-6-3-7-11-13;/h2-11,18H,1H3,(H,16,17);1H. The van der Waals surface area contributed by atoms with Gasteiger partial charge in [-0.3, -0.25) is 10.0 Å².